The first-order valence-electron chi connectivity index (χ1n) is 6.04. The molecule has 2 atom stereocenters. The SMILES string of the molecule is CS(=O)(=O)C(C#N)(CF)CCC(N)c1cc(Br)ccc1F. The van der Waals surface area contributed by atoms with Crippen LogP contribution in [0.15, 0.2) is 22.7 Å². The molecule has 0 spiro atoms. The second kappa shape index (κ2) is 6.81. The van der Waals surface area contributed by atoms with Crippen molar-refractivity contribution < 1.29 is 17.2 Å². The van der Waals surface area contributed by atoms with Crippen molar-refractivity contribution >= 4 is 25.8 Å². The van der Waals surface area contributed by atoms with E-state index < -0.39 is 33.1 Å². The summed E-state index contributed by atoms with van der Waals surface area (Å²) >= 11 is 3.18. The van der Waals surface area contributed by atoms with Gasteiger partial charge in [0.15, 0.2) is 14.6 Å². The molecule has 1 rings (SSSR count). The number of hydrogen-bond acceptors (Lipinski definition) is 4. The molecule has 4 nitrogen and oxygen atoms in total. The molecule has 0 radical (unpaired) electrons. The first-order chi connectivity index (χ1) is 9.66. The van der Waals surface area contributed by atoms with Crippen molar-refractivity contribution in [2.45, 2.75) is 23.6 Å². The van der Waals surface area contributed by atoms with E-state index in [0.717, 1.165) is 6.26 Å². The van der Waals surface area contributed by atoms with Gasteiger partial charge in [0.05, 0.1) is 6.07 Å². The number of hydrogen-bond donors (Lipinski definition) is 1. The molecular formula is C13H15BrF2N2O2S. The molecule has 0 saturated carbocycles. The highest BCUT2D eigenvalue weighted by atomic mass is 79.9. The molecule has 0 aliphatic carbocycles. The van der Waals surface area contributed by atoms with Gasteiger partial charge in [-0.15, -0.1) is 0 Å². The van der Waals surface area contributed by atoms with Crippen molar-refractivity contribution in [3.63, 3.8) is 0 Å². The van der Waals surface area contributed by atoms with Crippen LogP contribution in [0.5, 0.6) is 0 Å². The number of alkyl halides is 1. The van der Waals surface area contributed by atoms with Crippen LogP contribution in [0, 0.1) is 17.1 Å². The summed E-state index contributed by atoms with van der Waals surface area (Å²) in [4.78, 5) is 0. The molecule has 2 unspecified atom stereocenters. The van der Waals surface area contributed by atoms with E-state index in [9.17, 15) is 17.2 Å². The van der Waals surface area contributed by atoms with Crippen LogP contribution in [0.1, 0.15) is 24.4 Å². The van der Waals surface area contributed by atoms with Gasteiger partial charge in [0, 0.05) is 22.3 Å². The third-order valence-corrected chi connectivity index (χ3v) is 5.66. The predicted octanol–water partition coefficient (Wildman–Crippen LogP) is 2.64. The lowest BCUT2D eigenvalue weighted by Gasteiger charge is -2.23. The number of halogens is 3. The monoisotopic (exact) mass is 380 g/mol. The quantitative estimate of drug-likeness (QED) is 0.821. The third-order valence-electron chi connectivity index (χ3n) is 3.35. The predicted molar refractivity (Wildman–Crippen MR) is 79.4 cm³/mol. The largest absolute Gasteiger partial charge is 0.324 e. The Bertz CT molecular complexity index is 661. The fourth-order valence-electron chi connectivity index (χ4n) is 1.86. The van der Waals surface area contributed by atoms with Gasteiger partial charge in [-0.1, -0.05) is 15.9 Å². The molecule has 0 amide bonds. The second-order valence-electron chi connectivity index (χ2n) is 4.82. The highest BCUT2D eigenvalue weighted by molar-refractivity contribution is 9.10. The number of nitriles is 1. The van der Waals surface area contributed by atoms with Crippen LogP contribution in [0.3, 0.4) is 0 Å². The average molecular weight is 381 g/mol. The molecule has 2 N–H and O–H groups in total. The summed E-state index contributed by atoms with van der Waals surface area (Å²) in [5.74, 6) is -0.534. The summed E-state index contributed by atoms with van der Waals surface area (Å²) in [7, 11) is -3.92. The smallest absolute Gasteiger partial charge is 0.186 e. The number of benzene rings is 1. The average Bonchev–Trinajstić information content (AvgIpc) is 2.41. The third kappa shape index (κ3) is 3.99. The van der Waals surface area contributed by atoms with Gasteiger partial charge in [-0.05, 0) is 31.0 Å². The summed E-state index contributed by atoms with van der Waals surface area (Å²) in [5, 5.41) is 9.00. The fraction of sp³-hybridized carbons (Fsp3) is 0.462. The van der Waals surface area contributed by atoms with Crippen LogP contribution in [0.25, 0.3) is 0 Å². The molecule has 0 fully saturated rings. The Balaban J connectivity index is 2.96. The van der Waals surface area contributed by atoms with Gasteiger partial charge in [0.25, 0.3) is 0 Å². The Morgan fingerprint density at radius 2 is 2.14 bits per heavy atom. The first kappa shape index (κ1) is 18.0. The van der Waals surface area contributed by atoms with Crippen LogP contribution in [-0.2, 0) is 9.84 Å². The summed E-state index contributed by atoms with van der Waals surface area (Å²) in [6, 6.07) is 4.89. The Morgan fingerprint density at radius 1 is 1.52 bits per heavy atom. The molecule has 0 aromatic heterocycles. The summed E-state index contributed by atoms with van der Waals surface area (Å²) < 4.78 is 48.5. The van der Waals surface area contributed by atoms with Gasteiger partial charge in [0.1, 0.15) is 12.5 Å². The lowest BCUT2D eigenvalue weighted by molar-refractivity contribution is 0.392. The van der Waals surface area contributed by atoms with E-state index in [1.165, 1.54) is 24.3 Å². The van der Waals surface area contributed by atoms with E-state index >= 15 is 0 Å². The lowest BCUT2D eigenvalue weighted by Crippen LogP contribution is -2.39. The van der Waals surface area contributed by atoms with Gasteiger partial charge >= 0.3 is 0 Å². The van der Waals surface area contributed by atoms with Crippen molar-refractivity contribution in [2.24, 2.45) is 5.73 Å². The molecule has 1 aromatic carbocycles. The maximum absolute atomic E-state index is 13.7. The van der Waals surface area contributed by atoms with Crippen molar-refractivity contribution in [1.82, 2.24) is 0 Å². The minimum Gasteiger partial charge on any atom is -0.324 e. The first-order valence-corrected chi connectivity index (χ1v) is 8.72. The van der Waals surface area contributed by atoms with Crippen LogP contribution in [-0.4, -0.2) is 26.1 Å². The van der Waals surface area contributed by atoms with Crippen molar-refractivity contribution in [1.29, 1.82) is 5.26 Å². The highest BCUT2D eigenvalue weighted by Crippen LogP contribution is 2.29. The number of nitrogens with two attached hydrogens (primary N) is 1. The minimum atomic E-state index is -3.92. The molecule has 0 saturated heterocycles. The molecule has 0 bridgehead atoms. The summed E-state index contributed by atoms with van der Waals surface area (Å²) in [6.45, 7) is -1.32. The van der Waals surface area contributed by atoms with Gasteiger partial charge in [0.2, 0.25) is 0 Å². The minimum absolute atomic E-state index is 0.0298. The zero-order valence-electron chi connectivity index (χ0n) is 11.3. The standard InChI is InChI=1S/C13H15BrF2N2O2S/c1-21(19,20)13(7-15,8-17)5-4-12(18)10-6-9(14)2-3-11(10)16/h2-3,6,12H,4-5,7,18H2,1H3. The zero-order valence-corrected chi connectivity index (χ0v) is 13.7. The lowest BCUT2D eigenvalue weighted by atomic mass is 9.97. The molecule has 0 aliphatic heterocycles. The molecule has 8 heteroatoms. The number of rotatable bonds is 6. The van der Waals surface area contributed by atoms with Gasteiger partial charge < -0.3 is 5.73 Å². The van der Waals surface area contributed by atoms with E-state index in [1.807, 2.05) is 0 Å². The fourth-order valence-corrected chi connectivity index (χ4v) is 3.09. The Morgan fingerprint density at radius 3 is 2.62 bits per heavy atom. The van der Waals surface area contributed by atoms with Gasteiger partial charge in [-0.2, -0.15) is 5.26 Å². The van der Waals surface area contributed by atoms with E-state index in [4.69, 9.17) is 11.0 Å². The Kier molecular flexibility index (Phi) is 5.84. The summed E-state index contributed by atoms with van der Waals surface area (Å²) in [6.07, 6.45) is 0.477. The maximum atomic E-state index is 13.7. The van der Waals surface area contributed by atoms with Gasteiger partial charge in [-0.25, -0.2) is 17.2 Å². The highest BCUT2D eigenvalue weighted by Gasteiger charge is 2.41. The topological polar surface area (TPSA) is 84.0 Å². The Hall–Kier alpha value is -1.04. The van der Waals surface area contributed by atoms with E-state index in [0.29, 0.717) is 4.47 Å². The van der Waals surface area contributed by atoms with E-state index in [-0.39, 0.29) is 18.4 Å². The van der Waals surface area contributed by atoms with Gasteiger partial charge in [-0.3, -0.25) is 0 Å². The molecule has 1 aromatic rings. The van der Waals surface area contributed by atoms with E-state index in [1.54, 1.807) is 0 Å². The maximum Gasteiger partial charge on any atom is 0.186 e. The van der Waals surface area contributed by atoms with Crippen LogP contribution >= 0.6 is 15.9 Å². The number of sulfone groups is 1. The molecular weight excluding hydrogens is 366 g/mol. The molecule has 0 aliphatic rings. The second-order valence-corrected chi connectivity index (χ2v) is 8.06. The van der Waals surface area contributed by atoms with E-state index in [2.05, 4.69) is 15.9 Å². The molecule has 21 heavy (non-hydrogen) atoms. The summed E-state index contributed by atoms with van der Waals surface area (Å²) in [5.41, 5.74) is 6.02. The number of nitrogens with zero attached hydrogens (tertiary/aromatic N) is 1. The normalized spacial score (nSPS) is 16.0. The van der Waals surface area contributed by atoms with Crippen LogP contribution in [0.2, 0.25) is 0 Å². The van der Waals surface area contributed by atoms with Crippen molar-refractivity contribution in [3.05, 3.63) is 34.1 Å². The van der Waals surface area contributed by atoms with Crippen molar-refractivity contribution in [2.75, 3.05) is 12.9 Å². The van der Waals surface area contributed by atoms with Crippen LogP contribution in [0.4, 0.5) is 8.78 Å². The van der Waals surface area contributed by atoms with Crippen molar-refractivity contribution in [3.8, 4) is 6.07 Å². The Labute approximate surface area is 131 Å². The molecule has 0 heterocycles. The molecule has 116 valence electrons. The van der Waals surface area contributed by atoms with Crippen LogP contribution < -0.4 is 5.73 Å². The zero-order chi connectivity index (χ0) is 16.3.